The summed E-state index contributed by atoms with van der Waals surface area (Å²) in [5.41, 5.74) is -0.133. The highest BCUT2D eigenvalue weighted by Crippen LogP contribution is 2.49. The van der Waals surface area contributed by atoms with E-state index in [0.29, 0.717) is 5.75 Å². The van der Waals surface area contributed by atoms with Crippen LogP contribution in [-0.2, 0) is 14.7 Å². The molecule has 0 spiro atoms. The Labute approximate surface area is 118 Å². The molecule has 106 valence electrons. The minimum atomic E-state index is -4.20. The monoisotopic (exact) mass is 292 g/mol. The Hall–Kier alpha value is -1.61. The largest absolute Gasteiger partial charge is 0.528 e. The van der Waals surface area contributed by atoms with E-state index in [1.165, 1.54) is 0 Å². The number of hydrogen-bond acceptors (Lipinski definition) is 3. The summed E-state index contributed by atoms with van der Waals surface area (Å²) in [6.45, 7) is 3.44. The maximum absolute atomic E-state index is 12.1. The SMILES string of the molecule is CC(C)(OP(=O)(O)Oc1ccccc1)c1ccccc1. The summed E-state index contributed by atoms with van der Waals surface area (Å²) in [6.07, 6.45) is 0. The van der Waals surface area contributed by atoms with Crippen molar-refractivity contribution in [3.63, 3.8) is 0 Å². The van der Waals surface area contributed by atoms with Crippen LogP contribution in [0.25, 0.3) is 0 Å². The first kappa shape index (κ1) is 14.8. The summed E-state index contributed by atoms with van der Waals surface area (Å²) in [5, 5.41) is 0. The number of benzene rings is 2. The molecular formula is C15H17O4P. The third-order valence-electron chi connectivity index (χ3n) is 2.78. The lowest BCUT2D eigenvalue weighted by Gasteiger charge is -2.27. The zero-order valence-electron chi connectivity index (χ0n) is 11.4. The van der Waals surface area contributed by atoms with Crippen LogP contribution in [0.15, 0.2) is 60.7 Å². The molecule has 2 rings (SSSR count). The van der Waals surface area contributed by atoms with Crippen molar-refractivity contribution in [3.05, 3.63) is 66.2 Å². The first-order valence-electron chi connectivity index (χ1n) is 6.23. The van der Waals surface area contributed by atoms with Crippen LogP contribution in [0.5, 0.6) is 5.75 Å². The van der Waals surface area contributed by atoms with E-state index in [-0.39, 0.29) is 0 Å². The molecule has 20 heavy (non-hydrogen) atoms. The average Bonchev–Trinajstić information content (AvgIpc) is 2.39. The summed E-state index contributed by atoms with van der Waals surface area (Å²) in [7, 11) is -4.20. The molecule has 0 amide bonds. The minimum absolute atomic E-state index is 0.294. The molecule has 0 aromatic heterocycles. The molecule has 0 aliphatic heterocycles. The first-order valence-corrected chi connectivity index (χ1v) is 7.72. The van der Waals surface area contributed by atoms with E-state index in [0.717, 1.165) is 5.56 Å². The summed E-state index contributed by atoms with van der Waals surface area (Å²) in [6, 6.07) is 17.7. The number of phosphoric ester groups is 1. The normalized spacial score (nSPS) is 14.6. The Morgan fingerprint density at radius 1 is 0.950 bits per heavy atom. The molecule has 0 bridgehead atoms. The van der Waals surface area contributed by atoms with Gasteiger partial charge in [0, 0.05) is 0 Å². The highest BCUT2D eigenvalue weighted by molar-refractivity contribution is 7.47. The molecule has 0 heterocycles. The molecule has 0 radical (unpaired) electrons. The lowest BCUT2D eigenvalue weighted by molar-refractivity contribution is 0.0666. The summed E-state index contributed by atoms with van der Waals surface area (Å²) in [4.78, 5) is 9.88. The van der Waals surface area contributed by atoms with Gasteiger partial charge in [-0.1, -0.05) is 48.5 Å². The van der Waals surface area contributed by atoms with Crippen molar-refractivity contribution in [2.75, 3.05) is 0 Å². The fraction of sp³-hybridized carbons (Fsp3) is 0.200. The minimum Gasteiger partial charge on any atom is -0.404 e. The third-order valence-corrected chi connectivity index (χ3v) is 3.91. The molecule has 1 unspecified atom stereocenters. The Kier molecular flexibility index (Phi) is 4.29. The molecule has 0 fully saturated rings. The molecule has 2 aromatic carbocycles. The molecule has 0 saturated heterocycles. The van der Waals surface area contributed by atoms with E-state index in [4.69, 9.17) is 9.05 Å². The van der Waals surface area contributed by atoms with Gasteiger partial charge in [-0.3, -0.25) is 9.42 Å². The van der Waals surface area contributed by atoms with E-state index >= 15 is 0 Å². The van der Waals surface area contributed by atoms with Crippen LogP contribution in [0.3, 0.4) is 0 Å². The van der Waals surface area contributed by atoms with Crippen molar-refractivity contribution < 1.29 is 18.5 Å². The standard InChI is InChI=1S/C15H17O4P/c1-15(2,13-9-5-3-6-10-13)19-20(16,17)18-14-11-7-4-8-12-14/h3-12H,1-2H3,(H,16,17). The number of phosphoric acid groups is 1. The van der Waals surface area contributed by atoms with Gasteiger partial charge in [0.15, 0.2) is 0 Å². The van der Waals surface area contributed by atoms with Gasteiger partial charge >= 0.3 is 7.82 Å². The molecule has 1 atom stereocenters. The van der Waals surface area contributed by atoms with Gasteiger partial charge in [0.2, 0.25) is 0 Å². The zero-order valence-corrected chi connectivity index (χ0v) is 12.3. The maximum atomic E-state index is 12.1. The Morgan fingerprint density at radius 2 is 1.45 bits per heavy atom. The predicted octanol–water partition coefficient (Wildman–Crippen LogP) is 4.12. The van der Waals surface area contributed by atoms with Crippen molar-refractivity contribution in [2.45, 2.75) is 19.4 Å². The van der Waals surface area contributed by atoms with E-state index in [9.17, 15) is 9.46 Å². The van der Waals surface area contributed by atoms with Crippen LogP contribution in [0.2, 0.25) is 0 Å². The number of hydrogen-bond donors (Lipinski definition) is 1. The van der Waals surface area contributed by atoms with E-state index < -0.39 is 13.4 Å². The van der Waals surface area contributed by atoms with Crippen LogP contribution in [0, 0.1) is 0 Å². The molecule has 2 aromatic rings. The van der Waals surface area contributed by atoms with Crippen molar-refractivity contribution in [1.29, 1.82) is 0 Å². The Morgan fingerprint density at radius 3 is 2.00 bits per heavy atom. The Balaban J connectivity index is 2.13. The Bertz CT molecular complexity index is 596. The van der Waals surface area contributed by atoms with Crippen LogP contribution in [0.4, 0.5) is 0 Å². The smallest absolute Gasteiger partial charge is 0.404 e. The molecule has 0 aliphatic carbocycles. The second kappa shape index (κ2) is 5.80. The maximum Gasteiger partial charge on any atom is 0.528 e. The molecule has 1 N–H and O–H groups in total. The van der Waals surface area contributed by atoms with Crippen LogP contribution in [-0.4, -0.2) is 4.89 Å². The van der Waals surface area contributed by atoms with E-state index in [2.05, 4.69) is 0 Å². The fourth-order valence-corrected chi connectivity index (χ4v) is 2.92. The van der Waals surface area contributed by atoms with E-state index in [1.807, 2.05) is 30.3 Å². The molecule has 4 nitrogen and oxygen atoms in total. The molecule has 5 heteroatoms. The summed E-state index contributed by atoms with van der Waals surface area (Å²) >= 11 is 0. The van der Waals surface area contributed by atoms with Gasteiger partial charge in [0.25, 0.3) is 0 Å². The van der Waals surface area contributed by atoms with Gasteiger partial charge in [-0.05, 0) is 31.5 Å². The number of para-hydroxylation sites is 1. The van der Waals surface area contributed by atoms with Crippen molar-refractivity contribution in [1.82, 2.24) is 0 Å². The molecule has 0 saturated carbocycles. The molecule has 0 aliphatic rings. The van der Waals surface area contributed by atoms with Crippen LogP contribution < -0.4 is 4.52 Å². The summed E-state index contributed by atoms with van der Waals surface area (Å²) in [5.74, 6) is 0.294. The van der Waals surface area contributed by atoms with Gasteiger partial charge in [0.1, 0.15) is 11.4 Å². The highest BCUT2D eigenvalue weighted by Gasteiger charge is 2.34. The van der Waals surface area contributed by atoms with Gasteiger partial charge < -0.3 is 4.52 Å². The van der Waals surface area contributed by atoms with Gasteiger partial charge in [-0.25, -0.2) is 4.57 Å². The van der Waals surface area contributed by atoms with Crippen molar-refractivity contribution in [3.8, 4) is 5.75 Å². The van der Waals surface area contributed by atoms with Crippen LogP contribution >= 0.6 is 7.82 Å². The van der Waals surface area contributed by atoms with E-state index in [1.54, 1.807) is 44.2 Å². The first-order chi connectivity index (χ1) is 9.39. The zero-order chi connectivity index (χ0) is 14.6. The van der Waals surface area contributed by atoms with Gasteiger partial charge in [0.05, 0.1) is 0 Å². The fourth-order valence-electron chi connectivity index (χ4n) is 1.81. The highest BCUT2D eigenvalue weighted by atomic mass is 31.2. The third kappa shape index (κ3) is 3.94. The lowest BCUT2D eigenvalue weighted by Crippen LogP contribution is -2.21. The van der Waals surface area contributed by atoms with Gasteiger partial charge in [-0.15, -0.1) is 0 Å². The quantitative estimate of drug-likeness (QED) is 0.842. The second-order valence-electron chi connectivity index (χ2n) is 4.84. The second-order valence-corrected chi connectivity index (χ2v) is 6.14. The lowest BCUT2D eigenvalue weighted by atomic mass is 9.99. The predicted molar refractivity (Wildman–Crippen MR) is 77.4 cm³/mol. The number of rotatable bonds is 5. The van der Waals surface area contributed by atoms with Crippen LogP contribution in [0.1, 0.15) is 19.4 Å². The van der Waals surface area contributed by atoms with Crippen molar-refractivity contribution in [2.24, 2.45) is 0 Å². The average molecular weight is 292 g/mol. The van der Waals surface area contributed by atoms with Gasteiger partial charge in [-0.2, -0.15) is 0 Å². The topological polar surface area (TPSA) is 55.8 Å². The van der Waals surface area contributed by atoms with Crippen molar-refractivity contribution >= 4 is 7.82 Å². The summed E-state index contributed by atoms with van der Waals surface area (Å²) < 4.78 is 22.4. The molecular weight excluding hydrogens is 275 g/mol.